The van der Waals surface area contributed by atoms with Gasteiger partial charge < -0.3 is 10.1 Å². The average Bonchev–Trinajstić information content (AvgIpc) is 3.25. The second-order valence-electron chi connectivity index (χ2n) is 8.37. The van der Waals surface area contributed by atoms with Gasteiger partial charge in [-0.2, -0.15) is 5.10 Å². The van der Waals surface area contributed by atoms with Crippen LogP contribution in [0, 0.1) is 4.77 Å². The summed E-state index contributed by atoms with van der Waals surface area (Å²) in [4.78, 5) is 13.0. The molecule has 0 aliphatic carbocycles. The summed E-state index contributed by atoms with van der Waals surface area (Å²) in [5.41, 5.74) is 3.24. The number of rotatable bonds is 10. The molecule has 0 saturated carbocycles. The zero-order valence-corrected chi connectivity index (χ0v) is 20.8. The molecule has 0 aliphatic rings. The van der Waals surface area contributed by atoms with E-state index >= 15 is 0 Å². The smallest absolute Gasteiger partial charge is 0.222 e. The van der Waals surface area contributed by atoms with Crippen molar-refractivity contribution in [2.45, 2.75) is 38.8 Å². The average molecular weight is 487 g/mol. The Hall–Kier alpha value is -3.71. The number of ether oxygens (including phenoxy) is 1. The molecule has 6 nitrogen and oxygen atoms in total. The molecule has 2 N–H and O–H groups in total. The first-order chi connectivity index (χ1) is 17.1. The third-order valence-corrected chi connectivity index (χ3v) is 6.26. The molecule has 0 saturated heterocycles. The molecule has 1 aromatic heterocycles. The molecule has 0 radical (unpaired) electrons. The van der Waals surface area contributed by atoms with E-state index in [2.05, 4.69) is 46.7 Å². The van der Waals surface area contributed by atoms with E-state index in [1.54, 1.807) is 0 Å². The predicted octanol–water partition coefficient (Wildman–Crippen LogP) is 5.73. The molecule has 4 rings (SSSR count). The maximum Gasteiger partial charge on any atom is 0.222 e. The van der Waals surface area contributed by atoms with Crippen LogP contribution in [-0.2, 0) is 11.3 Å². The minimum Gasteiger partial charge on any atom is -0.494 e. The van der Waals surface area contributed by atoms with Gasteiger partial charge in [0.05, 0.1) is 6.61 Å². The summed E-state index contributed by atoms with van der Waals surface area (Å²) in [5, 5.41) is 10.4. The lowest BCUT2D eigenvalue weighted by Gasteiger charge is -2.26. The van der Waals surface area contributed by atoms with E-state index in [9.17, 15) is 4.79 Å². The van der Waals surface area contributed by atoms with E-state index in [1.807, 2.05) is 72.2 Å². The van der Waals surface area contributed by atoms with Gasteiger partial charge in [-0.3, -0.25) is 14.5 Å². The fraction of sp³-hybridized carbons (Fsp3) is 0.250. The van der Waals surface area contributed by atoms with Crippen LogP contribution in [0.15, 0.2) is 84.9 Å². The van der Waals surface area contributed by atoms with Crippen molar-refractivity contribution >= 4 is 18.1 Å². The molecule has 7 heteroatoms. The summed E-state index contributed by atoms with van der Waals surface area (Å²) >= 11 is 5.44. The van der Waals surface area contributed by atoms with Gasteiger partial charge in [0.2, 0.25) is 5.91 Å². The van der Waals surface area contributed by atoms with E-state index < -0.39 is 0 Å². The van der Waals surface area contributed by atoms with E-state index in [0.29, 0.717) is 30.2 Å². The van der Waals surface area contributed by atoms with Crippen molar-refractivity contribution in [3.8, 4) is 17.1 Å². The Morgan fingerprint density at radius 2 is 1.60 bits per heavy atom. The highest BCUT2D eigenvalue weighted by Crippen LogP contribution is 2.28. The number of benzene rings is 3. The number of carbonyl (C=O) groups is 1. The van der Waals surface area contributed by atoms with Crippen molar-refractivity contribution in [1.29, 1.82) is 0 Å². The normalized spacial score (nSPS) is 11.9. The fourth-order valence-corrected chi connectivity index (χ4v) is 4.55. The molecule has 0 spiro atoms. The van der Waals surface area contributed by atoms with Crippen LogP contribution >= 0.6 is 12.2 Å². The zero-order valence-electron chi connectivity index (χ0n) is 20.0. The largest absolute Gasteiger partial charge is 0.494 e. The fourth-order valence-electron chi connectivity index (χ4n) is 4.33. The first-order valence-corrected chi connectivity index (χ1v) is 12.3. The number of carbonyl (C=O) groups excluding carboxylic acids is 1. The summed E-state index contributed by atoms with van der Waals surface area (Å²) in [6, 6.07) is 28.2. The third kappa shape index (κ3) is 6.05. The van der Waals surface area contributed by atoms with Gasteiger partial charge in [-0.05, 0) is 61.5 Å². The van der Waals surface area contributed by atoms with Gasteiger partial charge in [-0.15, -0.1) is 0 Å². The predicted molar refractivity (Wildman–Crippen MR) is 141 cm³/mol. The topological polar surface area (TPSA) is 71.9 Å². The van der Waals surface area contributed by atoms with Crippen LogP contribution < -0.4 is 10.1 Å². The Kier molecular flexibility index (Phi) is 8.11. The lowest BCUT2D eigenvalue weighted by atomic mass is 9.86. The van der Waals surface area contributed by atoms with Gasteiger partial charge in [-0.25, -0.2) is 0 Å². The molecule has 1 unspecified atom stereocenters. The molecule has 0 aliphatic heterocycles. The Morgan fingerprint density at radius 1 is 1.00 bits per heavy atom. The maximum atomic E-state index is 13.0. The van der Waals surface area contributed by atoms with E-state index in [0.717, 1.165) is 11.3 Å². The van der Waals surface area contributed by atoms with E-state index in [-0.39, 0.29) is 17.9 Å². The van der Waals surface area contributed by atoms with Crippen LogP contribution in [0.3, 0.4) is 0 Å². The number of H-pyrrole nitrogens is 1. The van der Waals surface area contributed by atoms with Crippen LogP contribution in [0.25, 0.3) is 11.4 Å². The number of hydrogen-bond acceptors (Lipinski definition) is 4. The van der Waals surface area contributed by atoms with Crippen LogP contribution in [0.5, 0.6) is 5.75 Å². The van der Waals surface area contributed by atoms with Crippen LogP contribution in [0.1, 0.15) is 37.3 Å². The van der Waals surface area contributed by atoms with E-state index in [1.165, 1.54) is 11.1 Å². The van der Waals surface area contributed by atoms with Gasteiger partial charge in [-0.1, -0.05) is 60.7 Å². The van der Waals surface area contributed by atoms with Crippen LogP contribution in [0.2, 0.25) is 0 Å². The van der Waals surface area contributed by atoms with Crippen molar-refractivity contribution < 1.29 is 9.53 Å². The number of aromatic amines is 1. The Balaban J connectivity index is 1.45. The summed E-state index contributed by atoms with van der Waals surface area (Å²) in [5.74, 6) is 1.52. The first-order valence-electron chi connectivity index (χ1n) is 11.8. The SMILES string of the molecule is CCOc1ccc(-c2n[nH]c(=S)n2CCC(=O)NC(C)C(c2ccccc2)c2ccccc2)cc1. The molecular weight excluding hydrogens is 456 g/mol. The molecule has 3 aromatic carbocycles. The maximum absolute atomic E-state index is 13.0. The van der Waals surface area contributed by atoms with Crippen molar-refractivity contribution in [1.82, 2.24) is 20.1 Å². The Bertz CT molecular complexity index is 1240. The zero-order chi connectivity index (χ0) is 24.6. The molecule has 0 fully saturated rings. The van der Waals surface area contributed by atoms with Crippen LogP contribution in [0.4, 0.5) is 0 Å². The molecule has 1 amide bonds. The van der Waals surface area contributed by atoms with Crippen molar-refractivity contribution in [2.24, 2.45) is 0 Å². The number of amides is 1. The number of nitrogens with one attached hydrogen (secondary N) is 2. The van der Waals surface area contributed by atoms with Gasteiger partial charge in [0, 0.05) is 30.5 Å². The molecule has 180 valence electrons. The highest BCUT2D eigenvalue weighted by atomic mass is 32.1. The summed E-state index contributed by atoms with van der Waals surface area (Å²) in [6.45, 7) is 5.04. The summed E-state index contributed by atoms with van der Waals surface area (Å²) in [7, 11) is 0. The van der Waals surface area contributed by atoms with E-state index in [4.69, 9.17) is 17.0 Å². The number of hydrogen-bond donors (Lipinski definition) is 2. The second kappa shape index (κ2) is 11.6. The second-order valence-corrected chi connectivity index (χ2v) is 8.75. The van der Waals surface area contributed by atoms with Gasteiger partial charge in [0.25, 0.3) is 0 Å². The molecule has 4 aromatic rings. The van der Waals surface area contributed by atoms with Gasteiger partial charge in [0.15, 0.2) is 10.6 Å². The quantitative estimate of drug-likeness (QED) is 0.281. The minimum absolute atomic E-state index is 0.0323. The highest BCUT2D eigenvalue weighted by molar-refractivity contribution is 7.71. The summed E-state index contributed by atoms with van der Waals surface area (Å²) < 4.78 is 7.87. The van der Waals surface area contributed by atoms with Crippen molar-refractivity contribution in [3.05, 3.63) is 101 Å². The molecule has 0 bridgehead atoms. The number of aromatic nitrogens is 3. The summed E-state index contributed by atoms with van der Waals surface area (Å²) in [6.07, 6.45) is 0.290. The van der Waals surface area contributed by atoms with Crippen molar-refractivity contribution in [2.75, 3.05) is 6.61 Å². The van der Waals surface area contributed by atoms with Crippen LogP contribution in [-0.4, -0.2) is 33.3 Å². The third-order valence-electron chi connectivity index (χ3n) is 5.95. The van der Waals surface area contributed by atoms with Crippen molar-refractivity contribution in [3.63, 3.8) is 0 Å². The van der Waals surface area contributed by atoms with Gasteiger partial charge >= 0.3 is 0 Å². The lowest BCUT2D eigenvalue weighted by Crippen LogP contribution is -2.37. The Labute approximate surface area is 211 Å². The van der Waals surface area contributed by atoms with Gasteiger partial charge in [0.1, 0.15) is 5.75 Å². The molecular formula is C28H30N4O2S. The molecule has 1 atom stereocenters. The standard InChI is InChI=1S/C28H30N4O2S/c1-3-34-24-16-14-23(15-17-24)27-30-31-28(35)32(27)19-18-25(33)29-20(2)26(21-10-6-4-7-11-21)22-12-8-5-9-13-22/h4-17,20,26H,3,18-19H2,1-2H3,(H,29,33)(H,31,35). The minimum atomic E-state index is -0.0878. The first kappa shape index (κ1) is 24.4. The lowest BCUT2D eigenvalue weighted by molar-refractivity contribution is -0.122. The monoisotopic (exact) mass is 486 g/mol. The molecule has 35 heavy (non-hydrogen) atoms. The molecule has 1 heterocycles. The Morgan fingerprint density at radius 3 is 2.17 bits per heavy atom. The highest BCUT2D eigenvalue weighted by Gasteiger charge is 2.23. The number of nitrogens with zero attached hydrogens (tertiary/aromatic N) is 2.